The number of rotatable bonds is 12. The number of unbranched alkanes of at least 4 members (excludes halogenated alkanes) is 4. The first-order valence-corrected chi connectivity index (χ1v) is 10.2. The summed E-state index contributed by atoms with van der Waals surface area (Å²) >= 11 is 5.80. The van der Waals surface area contributed by atoms with Crippen LogP contribution in [0.5, 0.6) is 0 Å². The molecule has 5 heteroatoms. The fraction of sp³-hybridized carbons (Fsp3) is 0.619. The van der Waals surface area contributed by atoms with Crippen molar-refractivity contribution < 1.29 is 14.3 Å². The molecular weight excluding hydrogens is 350 g/mol. The normalized spacial score (nSPS) is 10.6. The van der Waals surface area contributed by atoms with Gasteiger partial charge in [0.15, 0.2) is 6.73 Å². The minimum atomic E-state index is -0.263. The summed E-state index contributed by atoms with van der Waals surface area (Å²) < 4.78 is 5.39. The third-order valence-corrected chi connectivity index (χ3v) is 4.72. The molecule has 1 aromatic carbocycles. The maximum atomic E-state index is 12.4. The number of esters is 1. The molecule has 146 valence electrons. The van der Waals surface area contributed by atoms with Crippen molar-refractivity contribution in [2.75, 3.05) is 17.5 Å². The lowest BCUT2D eigenvalue weighted by molar-refractivity contribution is -0.144. The van der Waals surface area contributed by atoms with Crippen LogP contribution in [-0.4, -0.2) is 24.5 Å². The van der Waals surface area contributed by atoms with Crippen LogP contribution in [0.2, 0.25) is 0 Å². The number of nitrogens with zero attached hydrogens (tertiary/aromatic N) is 1. The zero-order valence-corrected chi connectivity index (χ0v) is 17.1. The summed E-state index contributed by atoms with van der Waals surface area (Å²) in [5.74, 6) is -0.658. The van der Waals surface area contributed by atoms with E-state index in [0.717, 1.165) is 48.9 Å². The van der Waals surface area contributed by atoms with Gasteiger partial charge >= 0.3 is 5.97 Å². The van der Waals surface area contributed by atoms with Gasteiger partial charge in [0.1, 0.15) is 5.88 Å². The van der Waals surface area contributed by atoms with Gasteiger partial charge in [0.05, 0.1) is 5.69 Å². The van der Waals surface area contributed by atoms with Gasteiger partial charge in [-0.15, -0.1) is 11.6 Å². The second kappa shape index (κ2) is 12.7. The number of alkyl halides is 1. The molecule has 0 bridgehead atoms. The number of carbonyl (C=O) groups is 2. The summed E-state index contributed by atoms with van der Waals surface area (Å²) in [5, 5.41) is 0. The van der Waals surface area contributed by atoms with E-state index in [-0.39, 0.29) is 24.5 Å². The predicted octanol–water partition coefficient (Wildman–Crippen LogP) is 5.24. The fourth-order valence-electron chi connectivity index (χ4n) is 2.98. The molecule has 0 aliphatic carbocycles. The Kier molecular flexibility index (Phi) is 11.0. The topological polar surface area (TPSA) is 46.6 Å². The molecular formula is C21H32ClNO3. The molecule has 0 aromatic heterocycles. The van der Waals surface area contributed by atoms with E-state index in [1.54, 1.807) is 0 Å². The quantitative estimate of drug-likeness (QED) is 0.215. The van der Waals surface area contributed by atoms with Crippen LogP contribution < -0.4 is 4.90 Å². The van der Waals surface area contributed by atoms with Gasteiger partial charge in [0, 0.05) is 6.42 Å². The number of ether oxygens (including phenoxy) is 1. The van der Waals surface area contributed by atoms with E-state index < -0.39 is 0 Å². The summed E-state index contributed by atoms with van der Waals surface area (Å²) in [6, 6.07) is 5.99. The van der Waals surface area contributed by atoms with Gasteiger partial charge in [-0.3, -0.25) is 14.5 Å². The zero-order chi connectivity index (χ0) is 19.4. The number of para-hydroxylation sites is 1. The Bertz CT molecular complexity index is 552. The highest BCUT2D eigenvalue weighted by molar-refractivity contribution is 6.29. The number of hydrogen-bond donors (Lipinski definition) is 0. The van der Waals surface area contributed by atoms with Gasteiger partial charge in [-0.25, -0.2) is 0 Å². The molecule has 0 radical (unpaired) electrons. The van der Waals surface area contributed by atoms with Crippen molar-refractivity contribution in [3.05, 3.63) is 29.3 Å². The van der Waals surface area contributed by atoms with Gasteiger partial charge in [-0.05, 0) is 30.4 Å². The summed E-state index contributed by atoms with van der Waals surface area (Å²) in [4.78, 5) is 25.9. The summed E-state index contributed by atoms with van der Waals surface area (Å²) in [7, 11) is 0. The van der Waals surface area contributed by atoms with Crippen LogP contribution in [0.4, 0.5) is 5.69 Å². The summed E-state index contributed by atoms with van der Waals surface area (Å²) in [5.41, 5.74) is 2.94. The first-order valence-electron chi connectivity index (χ1n) is 9.71. The number of hydrogen-bond acceptors (Lipinski definition) is 3. The average Bonchev–Trinajstić information content (AvgIpc) is 2.67. The number of anilines is 1. The molecule has 0 spiro atoms. The zero-order valence-electron chi connectivity index (χ0n) is 16.4. The van der Waals surface area contributed by atoms with Crippen molar-refractivity contribution in [3.8, 4) is 0 Å². The van der Waals surface area contributed by atoms with Crippen LogP contribution in [0.3, 0.4) is 0 Å². The van der Waals surface area contributed by atoms with E-state index in [1.165, 1.54) is 17.7 Å². The minimum absolute atomic E-state index is 0.0800. The van der Waals surface area contributed by atoms with E-state index in [0.29, 0.717) is 6.42 Å². The van der Waals surface area contributed by atoms with Crippen molar-refractivity contribution in [3.63, 3.8) is 0 Å². The Balaban J connectivity index is 2.78. The van der Waals surface area contributed by atoms with E-state index in [2.05, 4.69) is 6.92 Å². The largest absolute Gasteiger partial charge is 0.444 e. The molecule has 1 aromatic rings. The molecule has 0 saturated heterocycles. The second-order valence-corrected chi connectivity index (χ2v) is 6.66. The van der Waals surface area contributed by atoms with Crippen molar-refractivity contribution in [2.45, 2.75) is 72.1 Å². The maximum Gasteiger partial charge on any atom is 0.307 e. The standard InChI is InChI=1S/C21H32ClNO3/c1-4-7-8-9-10-14-20(25)26-16-23(19(24)15-22)21-17(5-2)12-11-13-18(21)6-3/h11-13H,4-10,14-16H2,1-3H3. The maximum absolute atomic E-state index is 12.4. The molecule has 1 rings (SSSR count). The van der Waals surface area contributed by atoms with Crippen LogP contribution in [-0.2, 0) is 27.2 Å². The smallest absolute Gasteiger partial charge is 0.307 e. The van der Waals surface area contributed by atoms with Crippen LogP contribution >= 0.6 is 11.6 Å². The fourth-order valence-corrected chi connectivity index (χ4v) is 3.12. The molecule has 26 heavy (non-hydrogen) atoms. The lowest BCUT2D eigenvalue weighted by Crippen LogP contribution is -2.36. The molecule has 0 heterocycles. The monoisotopic (exact) mass is 381 g/mol. The number of benzene rings is 1. The Morgan fingerprint density at radius 1 is 1.00 bits per heavy atom. The second-order valence-electron chi connectivity index (χ2n) is 6.40. The Morgan fingerprint density at radius 3 is 2.15 bits per heavy atom. The third-order valence-electron chi connectivity index (χ3n) is 4.49. The average molecular weight is 382 g/mol. The number of carbonyl (C=O) groups excluding carboxylic acids is 2. The lowest BCUT2D eigenvalue weighted by Gasteiger charge is -2.26. The highest BCUT2D eigenvalue weighted by atomic mass is 35.5. The molecule has 0 unspecified atom stereocenters. The SMILES string of the molecule is CCCCCCCC(=O)OCN(C(=O)CCl)c1c(CC)cccc1CC. The lowest BCUT2D eigenvalue weighted by atomic mass is 10.0. The van der Waals surface area contributed by atoms with Crippen molar-refractivity contribution in [2.24, 2.45) is 0 Å². The third kappa shape index (κ3) is 6.99. The van der Waals surface area contributed by atoms with Gasteiger partial charge < -0.3 is 4.74 Å². The van der Waals surface area contributed by atoms with Crippen LogP contribution in [0.1, 0.15) is 70.4 Å². The highest BCUT2D eigenvalue weighted by Crippen LogP contribution is 2.27. The van der Waals surface area contributed by atoms with Crippen LogP contribution in [0.25, 0.3) is 0 Å². The van der Waals surface area contributed by atoms with Crippen LogP contribution in [0.15, 0.2) is 18.2 Å². The number of aryl methyl sites for hydroxylation is 2. The van der Waals surface area contributed by atoms with E-state index in [9.17, 15) is 9.59 Å². The van der Waals surface area contributed by atoms with Gasteiger partial charge in [0.2, 0.25) is 5.91 Å². The summed E-state index contributed by atoms with van der Waals surface area (Å²) in [6.45, 7) is 6.17. The molecule has 0 aliphatic heterocycles. The predicted molar refractivity (Wildman–Crippen MR) is 108 cm³/mol. The molecule has 0 N–H and O–H groups in total. The number of amides is 1. The van der Waals surface area contributed by atoms with Crippen molar-refractivity contribution in [1.29, 1.82) is 0 Å². The molecule has 0 atom stereocenters. The first kappa shape index (κ1) is 22.5. The van der Waals surface area contributed by atoms with Crippen LogP contribution in [0, 0.1) is 0 Å². The van der Waals surface area contributed by atoms with E-state index >= 15 is 0 Å². The van der Waals surface area contributed by atoms with Gasteiger partial charge in [-0.1, -0.05) is 64.7 Å². The minimum Gasteiger partial charge on any atom is -0.444 e. The first-order chi connectivity index (χ1) is 12.6. The molecule has 4 nitrogen and oxygen atoms in total. The Hall–Kier alpha value is -1.55. The van der Waals surface area contributed by atoms with E-state index in [4.69, 9.17) is 16.3 Å². The molecule has 1 amide bonds. The Labute approximate surface area is 162 Å². The number of halogens is 1. The Morgan fingerprint density at radius 2 is 1.62 bits per heavy atom. The molecule has 0 fully saturated rings. The van der Waals surface area contributed by atoms with Crippen molar-refractivity contribution in [1.82, 2.24) is 0 Å². The molecule has 0 aliphatic rings. The highest BCUT2D eigenvalue weighted by Gasteiger charge is 2.21. The van der Waals surface area contributed by atoms with Gasteiger partial charge in [-0.2, -0.15) is 0 Å². The van der Waals surface area contributed by atoms with Gasteiger partial charge in [0.25, 0.3) is 0 Å². The van der Waals surface area contributed by atoms with Crippen molar-refractivity contribution >= 4 is 29.2 Å². The summed E-state index contributed by atoms with van der Waals surface area (Å²) in [6.07, 6.45) is 7.35. The molecule has 0 saturated carbocycles. The van der Waals surface area contributed by atoms with E-state index in [1.807, 2.05) is 32.0 Å².